The number of nitrogens with zero attached hydrogens (tertiary/aromatic N) is 2. The normalized spacial score (nSPS) is 18.3. The van der Waals surface area contributed by atoms with Gasteiger partial charge in [0.2, 0.25) is 11.7 Å². The van der Waals surface area contributed by atoms with Gasteiger partial charge in [0.25, 0.3) is 0 Å². The number of ether oxygens (including phenoxy) is 2. The molecule has 0 radical (unpaired) electrons. The van der Waals surface area contributed by atoms with Gasteiger partial charge in [0.05, 0.1) is 11.8 Å². The quantitative estimate of drug-likeness (QED) is 0.529. The van der Waals surface area contributed by atoms with Gasteiger partial charge in [0.15, 0.2) is 6.61 Å². The number of ketones is 1. The number of benzene rings is 1. The van der Waals surface area contributed by atoms with Gasteiger partial charge >= 0.3 is 5.97 Å². The van der Waals surface area contributed by atoms with E-state index in [4.69, 9.17) is 9.47 Å². The van der Waals surface area contributed by atoms with Crippen LogP contribution < -0.4 is 10.4 Å². The van der Waals surface area contributed by atoms with E-state index >= 15 is 0 Å². The van der Waals surface area contributed by atoms with Gasteiger partial charge in [-0.1, -0.05) is 18.2 Å². The van der Waals surface area contributed by atoms with Crippen molar-refractivity contribution in [2.75, 3.05) is 18.2 Å². The molecule has 2 aliphatic rings. The van der Waals surface area contributed by atoms with Crippen LogP contribution in [-0.4, -0.2) is 41.5 Å². The van der Waals surface area contributed by atoms with Crippen molar-refractivity contribution in [1.82, 2.24) is 9.99 Å². The Labute approximate surface area is 186 Å². The number of anilines is 1. The molecular weight excluding hydrogens is 410 g/mol. The number of hydrazine groups is 1. The Morgan fingerprint density at radius 3 is 2.72 bits per heavy atom. The van der Waals surface area contributed by atoms with Crippen molar-refractivity contribution >= 4 is 23.3 Å². The summed E-state index contributed by atoms with van der Waals surface area (Å²) < 4.78 is 13.1. The van der Waals surface area contributed by atoms with E-state index in [1.807, 2.05) is 26.0 Å². The number of nitrogens with one attached hydrogen (secondary N) is 1. The molecule has 1 amide bonds. The second-order valence-corrected chi connectivity index (χ2v) is 8.03. The Bertz CT molecular complexity index is 1050. The minimum atomic E-state index is -0.681. The van der Waals surface area contributed by atoms with E-state index in [9.17, 15) is 14.4 Å². The second-order valence-electron chi connectivity index (χ2n) is 8.03. The monoisotopic (exact) mass is 437 g/mol. The third-order valence-corrected chi connectivity index (χ3v) is 5.82. The van der Waals surface area contributed by atoms with Gasteiger partial charge in [-0.25, -0.2) is 9.80 Å². The Balaban J connectivity index is 1.38. The largest absolute Gasteiger partial charge is 0.453 e. The van der Waals surface area contributed by atoms with Crippen molar-refractivity contribution < 1.29 is 23.9 Å². The molecule has 0 spiro atoms. The average Bonchev–Trinajstić information content (AvgIpc) is 3.42. The molecule has 1 aromatic carbocycles. The first-order valence-electron chi connectivity index (χ1n) is 10.8. The Kier molecular flexibility index (Phi) is 6.41. The lowest BCUT2D eigenvalue weighted by atomic mass is 10.1. The van der Waals surface area contributed by atoms with Crippen LogP contribution in [0.1, 0.15) is 41.0 Å². The molecular formula is C24H27N3O5. The van der Waals surface area contributed by atoms with E-state index in [2.05, 4.69) is 9.99 Å². The number of carbonyl (C=O) groups is 3. The zero-order valence-electron chi connectivity index (χ0n) is 18.3. The lowest BCUT2D eigenvalue weighted by Gasteiger charge is -2.28. The molecule has 32 heavy (non-hydrogen) atoms. The molecule has 168 valence electrons. The predicted octanol–water partition coefficient (Wildman–Crippen LogP) is 2.84. The summed E-state index contributed by atoms with van der Waals surface area (Å²) in [6, 6.07) is 10.8. The summed E-state index contributed by atoms with van der Waals surface area (Å²) in [5.41, 5.74) is 5.89. The van der Waals surface area contributed by atoms with Crippen LogP contribution in [0.3, 0.4) is 0 Å². The van der Waals surface area contributed by atoms with Crippen LogP contribution in [-0.2, 0) is 25.6 Å². The van der Waals surface area contributed by atoms with Crippen LogP contribution in [0.15, 0.2) is 48.2 Å². The maximum Gasteiger partial charge on any atom is 0.356 e. The number of esters is 1. The predicted molar refractivity (Wildman–Crippen MR) is 118 cm³/mol. The number of aryl methyl sites for hydroxylation is 1. The fourth-order valence-corrected chi connectivity index (χ4v) is 4.07. The maximum atomic E-state index is 12.8. The number of para-hydroxylation sites is 1. The lowest BCUT2D eigenvalue weighted by Crippen LogP contribution is -2.47. The number of carbonyl (C=O) groups excluding carboxylic acids is 3. The average molecular weight is 437 g/mol. The number of rotatable bonds is 7. The SMILES string of the molecule is Cc1cc(C(=O)COC(=O)C2=CCC(=O)N(c3ccccc3)N2)c(C)n1C[C@H]1CCCO1. The standard InChI is InChI=1S/C24H27N3O5/c1-16-13-20(17(2)26(16)14-19-9-6-12-31-19)22(28)15-32-24(30)21-10-11-23(29)27(25-21)18-7-4-3-5-8-18/h3-5,7-8,10,13,19,25H,6,9,11-12,14-15H2,1-2H3/t19-/m1/s1. The van der Waals surface area contributed by atoms with Gasteiger partial charge in [-0.15, -0.1) is 0 Å². The fourth-order valence-electron chi connectivity index (χ4n) is 4.07. The van der Waals surface area contributed by atoms with Crippen LogP contribution in [0.2, 0.25) is 0 Å². The van der Waals surface area contributed by atoms with Crippen molar-refractivity contribution in [3.05, 3.63) is 65.1 Å². The molecule has 3 heterocycles. The molecule has 0 bridgehead atoms. The molecule has 1 saturated heterocycles. The van der Waals surface area contributed by atoms with E-state index in [-0.39, 0.29) is 36.5 Å². The minimum Gasteiger partial charge on any atom is -0.453 e. The number of hydrogen-bond acceptors (Lipinski definition) is 6. The van der Waals surface area contributed by atoms with Crippen LogP contribution in [0.25, 0.3) is 0 Å². The molecule has 0 unspecified atom stereocenters. The molecule has 2 aromatic rings. The zero-order chi connectivity index (χ0) is 22.7. The second kappa shape index (κ2) is 9.40. The maximum absolute atomic E-state index is 12.8. The van der Waals surface area contributed by atoms with Crippen LogP contribution in [0.4, 0.5) is 5.69 Å². The van der Waals surface area contributed by atoms with E-state index < -0.39 is 5.97 Å². The van der Waals surface area contributed by atoms with Crippen molar-refractivity contribution in [3.8, 4) is 0 Å². The summed E-state index contributed by atoms with van der Waals surface area (Å²) in [5, 5.41) is 1.30. The summed E-state index contributed by atoms with van der Waals surface area (Å²) >= 11 is 0. The van der Waals surface area contributed by atoms with E-state index in [1.165, 1.54) is 11.1 Å². The summed E-state index contributed by atoms with van der Waals surface area (Å²) in [6.07, 6.45) is 3.78. The molecule has 4 rings (SSSR count). The number of hydrogen-bond donors (Lipinski definition) is 1. The highest BCUT2D eigenvalue weighted by molar-refractivity contribution is 6.02. The smallest absolute Gasteiger partial charge is 0.356 e. The van der Waals surface area contributed by atoms with Gasteiger partial charge in [0, 0.05) is 36.5 Å². The highest BCUT2D eigenvalue weighted by Crippen LogP contribution is 2.21. The Morgan fingerprint density at radius 1 is 1.22 bits per heavy atom. The molecule has 8 nitrogen and oxygen atoms in total. The Hall–Kier alpha value is -3.39. The molecule has 1 N–H and O–H groups in total. The molecule has 1 fully saturated rings. The van der Waals surface area contributed by atoms with Crippen molar-refractivity contribution in [2.45, 2.75) is 45.8 Å². The fraction of sp³-hybridized carbons (Fsp3) is 0.375. The van der Waals surface area contributed by atoms with Gasteiger partial charge < -0.3 is 14.0 Å². The van der Waals surface area contributed by atoms with Crippen LogP contribution in [0.5, 0.6) is 0 Å². The first-order chi connectivity index (χ1) is 15.4. The van der Waals surface area contributed by atoms with Gasteiger partial charge in [-0.2, -0.15) is 0 Å². The molecule has 8 heteroatoms. The summed E-state index contributed by atoms with van der Waals surface area (Å²) in [7, 11) is 0. The van der Waals surface area contributed by atoms with Gasteiger partial charge in [0.1, 0.15) is 5.70 Å². The highest BCUT2D eigenvalue weighted by atomic mass is 16.5. The van der Waals surface area contributed by atoms with Crippen molar-refractivity contribution in [1.29, 1.82) is 0 Å². The first-order valence-corrected chi connectivity index (χ1v) is 10.8. The summed E-state index contributed by atoms with van der Waals surface area (Å²) in [6.45, 7) is 4.97. The molecule has 2 aliphatic heterocycles. The van der Waals surface area contributed by atoms with E-state index in [1.54, 1.807) is 24.3 Å². The summed E-state index contributed by atoms with van der Waals surface area (Å²) in [4.78, 5) is 37.5. The zero-order valence-corrected chi connectivity index (χ0v) is 18.3. The minimum absolute atomic E-state index is 0.0602. The third-order valence-electron chi connectivity index (χ3n) is 5.82. The van der Waals surface area contributed by atoms with Gasteiger partial charge in [-0.3, -0.25) is 15.0 Å². The molecule has 1 atom stereocenters. The van der Waals surface area contributed by atoms with E-state index in [0.717, 1.165) is 30.8 Å². The number of aromatic nitrogens is 1. The van der Waals surface area contributed by atoms with Crippen molar-refractivity contribution in [2.24, 2.45) is 0 Å². The highest BCUT2D eigenvalue weighted by Gasteiger charge is 2.26. The first kappa shape index (κ1) is 21.8. The third kappa shape index (κ3) is 4.60. The van der Waals surface area contributed by atoms with E-state index in [0.29, 0.717) is 17.8 Å². The van der Waals surface area contributed by atoms with Gasteiger partial charge in [-0.05, 0) is 51.0 Å². The molecule has 1 aromatic heterocycles. The summed E-state index contributed by atoms with van der Waals surface area (Å²) in [5.74, 6) is -1.14. The number of Topliss-reactive ketones (excluding diaryl/α,β-unsaturated/α-hetero) is 1. The Morgan fingerprint density at radius 2 is 2.00 bits per heavy atom. The number of amides is 1. The lowest BCUT2D eigenvalue weighted by molar-refractivity contribution is -0.138. The molecule has 0 aliphatic carbocycles. The van der Waals surface area contributed by atoms with Crippen molar-refractivity contribution in [3.63, 3.8) is 0 Å². The molecule has 0 saturated carbocycles. The van der Waals surface area contributed by atoms with Crippen LogP contribution in [0, 0.1) is 13.8 Å². The van der Waals surface area contributed by atoms with Crippen LogP contribution >= 0.6 is 0 Å². The topological polar surface area (TPSA) is 89.9 Å².